The summed E-state index contributed by atoms with van der Waals surface area (Å²) in [5.41, 5.74) is 5.79. The third-order valence-electron chi connectivity index (χ3n) is 24.2. The predicted molar refractivity (Wildman–Crippen MR) is 529 cm³/mol. The smallest absolute Gasteiger partial charge is 0.407 e. The Morgan fingerprint density at radius 2 is 0.496 bits per heavy atom. The predicted octanol–water partition coefficient (Wildman–Crippen LogP) is 11.5. The number of hydrogen-bond donors (Lipinski definition) is 9. The van der Waals surface area contributed by atoms with Gasteiger partial charge in [-0.15, -0.1) is 0 Å². The van der Waals surface area contributed by atoms with Crippen molar-refractivity contribution in [3.8, 4) is 0 Å². The largest absolute Gasteiger partial charge is 0.467 e. The molecule has 141 heavy (non-hydrogen) atoms. The molecular weight excluding hydrogens is 1800 g/mol. The Bertz CT molecular complexity index is 5390. The summed E-state index contributed by atoms with van der Waals surface area (Å²) in [5, 5.41) is 26.6. The van der Waals surface area contributed by atoms with Crippen LogP contribution in [0, 0.1) is 17.8 Å². The van der Waals surface area contributed by atoms with Gasteiger partial charge in [0, 0.05) is 38.9 Å². The molecule has 9 N–H and O–H groups in total. The third kappa shape index (κ3) is 33.7. The highest BCUT2D eigenvalue weighted by Crippen LogP contribution is 2.34. The highest BCUT2D eigenvalue weighted by atomic mass is 16.6. The molecule has 0 aliphatic carbocycles. The minimum Gasteiger partial charge on any atom is -0.467 e. The molecule has 0 saturated carbocycles. The van der Waals surface area contributed by atoms with Gasteiger partial charge in [-0.25, -0.2) is 9.59 Å². The summed E-state index contributed by atoms with van der Waals surface area (Å²) in [6.45, 7) is 15.8. The number of alkyl carbamates (subject to hydrolysis) is 1. The number of esters is 1. The van der Waals surface area contributed by atoms with Crippen molar-refractivity contribution in [1.29, 1.82) is 0 Å². The van der Waals surface area contributed by atoms with E-state index in [-0.39, 0.29) is 116 Å². The monoisotopic (exact) mass is 1930 g/mol. The number of carbonyl (C=O) groups is 10. The van der Waals surface area contributed by atoms with E-state index in [0.717, 1.165) is 33.4 Å². The third-order valence-corrected chi connectivity index (χ3v) is 24.2. The van der Waals surface area contributed by atoms with E-state index in [4.69, 9.17) is 52.1 Å². The SMILES string of the molecule is COC(=O)[C@H](CC(C)C)NC(=O)[C@H](Cc1ccccc1)NC(=O)[C@H]1O[C@H](CNC(=O)[C@H](CC(C)C)NC(=O)[C@H](Cc2ccccc2)NC(=O)[C@H]2O[C@H](CNC(=O)[C@H](CC(C)C)NC(=O)[C@H](Cc3ccccc3)NC(=O)[C@H]3O[C@H](CNC(=O)OC(C)(C)C)[C@@H](OCc4ccccc4)[C@@H]3OCc3ccccc3)[C@@H](OCc3ccccc3)[C@@H]2OCc2ccccc2)[C@@H](OCc2ccccc2)[C@@H]1OCc1ccccc1. The van der Waals surface area contributed by atoms with Gasteiger partial charge in [0.05, 0.1) is 46.8 Å². The van der Waals surface area contributed by atoms with Crippen molar-refractivity contribution in [3.05, 3.63) is 323 Å². The van der Waals surface area contributed by atoms with Crippen LogP contribution in [0.4, 0.5) is 4.79 Å². The fraction of sp³-hybridized carbons (Fsp3) is 0.423. The van der Waals surface area contributed by atoms with Crippen molar-refractivity contribution >= 4 is 59.3 Å². The van der Waals surface area contributed by atoms with Crippen LogP contribution >= 0.6 is 0 Å². The Labute approximate surface area is 825 Å². The van der Waals surface area contributed by atoms with Gasteiger partial charge in [-0.3, -0.25) is 38.4 Å². The van der Waals surface area contributed by atoms with Crippen molar-refractivity contribution in [3.63, 3.8) is 0 Å². The van der Waals surface area contributed by atoms with Crippen LogP contribution in [0.3, 0.4) is 0 Å². The van der Waals surface area contributed by atoms with Crippen molar-refractivity contribution in [2.45, 2.75) is 256 Å². The molecule has 30 heteroatoms. The molecule has 9 aromatic rings. The van der Waals surface area contributed by atoms with Crippen LogP contribution in [0.15, 0.2) is 273 Å². The van der Waals surface area contributed by atoms with Gasteiger partial charge in [0.15, 0.2) is 18.3 Å². The molecule has 0 radical (unpaired) electrons. The van der Waals surface area contributed by atoms with E-state index in [2.05, 4.69) is 47.9 Å². The zero-order chi connectivity index (χ0) is 100. The summed E-state index contributed by atoms with van der Waals surface area (Å²) in [6, 6.07) is 75.5. The number of nitrogens with one attached hydrogen (secondary N) is 9. The van der Waals surface area contributed by atoms with Crippen LogP contribution in [0.2, 0.25) is 0 Å². The fourth-order valence-corrected chi connectivity index (χ4v) is 17.2. The van der Waals surface area contributed by atoms with E-state index in [9.17, 15) is 14.4 Å². The summed E-state index contributed by atoms with van der Waals surface area (Å²) < 4.78 is 71.6. The number of benzene rings is 9. The van der Waals surface area contributed by atoms with Crippen molar-refractivity contribution in [2.24, 2.45) is 17.8 Å². The standard InChI is InChI=1S/C111H135N9O21/c1-71(2)56-83(101(121)113-63-90-93(133-66-78-46-28-15-29-47-78)96(136-69-81-52-34-18-35-53-81)99(139-90)107(127)119-87(61-76-42-24-13-25-43-76)105(125)120-88(58-73(5)6)109(129)131-10)115-103(123)85(59-74-38-20-11-21-39-74)117-106(126)98-95(135-68-80-50-32-17-33-51-80)92(132-65-77-44-26-14-27-45-77)89(138-98)62-112-102(122)84(57-72(3)4)116-104(124)86(60-75-40-22-12-23-41-75)118-108(128)100-97(137-70-82-54-36-19-37-55-82)94(134-67-79-48-30-16-31-49-79)91(140-100)64-114-110(130)141-111(7,8)9/h11-55,71-73,83-100H,56-70H2,1-10H3,(H,112,122)(H,113,121)(H,114,130)(H,115,123)(H,116,124)(H,117,126)(H,118,128)(H,119,127)(H,120,125)/t83-,84-,85-,86-,87-,88-,89+,90+,91+,92+,93+,94+,95-,96-,97-,98-,99-,100-/m0/s1. The van der Waals surface area contributed by atoms with Crippen LogP contribution in [-0.2, 0) is 154 Å². The van der Waals surface area contributed by atoms with Crippen molar-refractivity contribution in [1.82, 2.24) is 47.9 Å². The number of methoxy groups -OCH3 is 1. The van der Waals surface area contributed by atoms with Gasteiger partial charge < -0.3 is 100.0 Å². The first-order valence-corrected chi connectivity index (χ1v) is 48.5. The molecule has 18 atom stereocenters. The van der Waals surface area contributed by atoms with Gasteiger partial charge >= 0.3 is 12.1 Å². The molecule has 3 fully saturated rings. The Kier molecular flexibility index (Phi) is 41.1. The Hall–Kier alpha value is -12.9. The van der Waals surface area contributed by atoms with Gasteiger partial charge in [0.25, 0.3) is 17.7 Å². The lowest BCUT2D eigenvalue weighted by Crippen LogP contribution is -2.57. The Balaban J connectivity index is 0.800. The molecule has 12 rings (SSSR count). The number of rotatable bonds is 51. The van der Waals surface area contributed by atoms with Gasteiger partial charge in [0.1, 0.15) is 96.8 Å². The quantitative estimate of drug-likeness (QED) is 0.0160. The molecule has 0 aromatic heterocycles. The van der Waals surface area contributed by atoms with Crippen LogP contribution < -0.4 is 47.9 Å². The van der Waals surface area contributed by atoms with E-state index >= 15 is 33.6 Å². The summed E-state index contributed by atoms with van der Waals surface area (Å²) in [5.74, 6) is -6.83. The van der Waals surface area contributed by atoms with E-state index < -0.39 is 174 Å². The van der Waals surface area contributed by atoms with Crippen LogP contribution in [-0.4, -0.2) is 201 Å². The molecule has 3 heterocycles. The number of hydrogen-bond acceptors (Lipinski definition) is 21. The molecule has 9 aromatic carbocycles. The van der Waals surface area contributed by atoms with Gasteiger partial charge in [0.2, 0.25) is 29.5 Å². The lowest BCUT2D eigenvalue weighted by atomic mass is 10.00. The minimum absolute atomic E-state index is 0.00827. The average Bonchev–Trinajstić information content (AvgIpc) is 1.65. The van der Waals surface area contributed by atoms with Crippen LogP contribution in [0.25, 0.3) is 0 Å². The second-order valence-corrected chi connectivity index (χ2v) is 38.1. The average molecular weight is 1930 g/mol. The summed E-state index contributed by atoms with van der Waals surface area (Å²) >= 11 is 0. The van der Waals surface area contributed by atoms with Gasteiger partial charge in [-0.05, 0) is 108 Å². The maximum absolute atomic E-state index is 15.9. The normalized spacial score (nSPS) is 20.7. The number of carbonyl (C=O) groups excluding carboxylic acids is 10. The highest BCUT2D eigenvalue weighted by Gasteiger charge is 2.54. The maximum Gasteiger partial charge on any atom is 0.407 e. The molecular formula is C111H135N9O21. The van der Waals surface area contributed by atoms with Crippen LogP contribution in [0.5, 0.6) is 0 Å². The maximum atomic E-state index is 15.9. The van der Waals surface area contributed by atoms with E-state index in [1.807, 2.05) is 278 Å². The zero-order valence-corrected chi connectivity index (χ0v) is 81.8. The van der Waals surface area contributed by atoms with Crippen molar-refractivity contribution in [2.75, 3.05) is 26.7 Å². The van der Waals surface area contributed by atoms with Crippen LogP contribution in [0.1, 0.15) is 132 Å². The summed E-state index contributed by atoms with van der Waals surface area (Å²) in [6.07, 6.45) is -14.9. The van der Waals surface area contributed by atoms with E-state index in [1.54, 1.807) is 57.2 Å². The molecule has 3 aliphatic heterocycles. The molecule has 0 bridgehead atoms. The van der Waals surface area contributed by atoms with E-state index in [1.165, 1.54) is 7.11 Å². The second-order valence-electron chi connectivity index (χ2n) is 38.1. The summed E-state index contributed by atoms with van der Waals surface area (Å²) in [7, 11) is 1.24. The number of ether oxygens (including phenoxy) is 11. The minimum atomic E-state index is -1.56. The summed E-state index contributed by atoms with van der Waals surface area (Å²) in [4.78, 5) is 150. The molecule has 750 valence electrons. The first-order chi connectivity index (χ1) is 68.1. The van der Waals surface area contributed by atoms with Crippen molar-refractivity contribution < 1.29 is 100 Å². The first kappa shape index (κ1) is 107. The highest BCUT2D eigenvalue weighted by molar-refractivity contribution is 5.96. The lowest BCUT2D eigenvalue weighted by molar-refractivity contribution is -0.146. The Morgan fingerprint density at radius 3 is 0.730 bits per heavy atom. The van der Waals surface area contributed by atoms with Gasteiger partial charge in [-0.2, -0.15) is 0 Å². The fourth-order valence-electron chi connectivity index (χ4n) is 17.2. The zero-order valence-electron chi connectivity index (χ0n) is 81.8. The molecule has 0 spiro atoms. The lowest BCUT2D eigenvalue weighted by Gasteiger charge is -2.28. The molecule has 30 nitrogen and oxygen atoms in total. The topological polar surface area (TPSA) is 381 Å². The van der Waals surface area contributed by atoms with Gasteiger partial charge in [-0.1, -0.05) is 315 Å². The molecule has 3 aliphatic rings. The molecule has 9 amide bonds. The second kappa shape index (κ2) is 54.2. The molecule has 3 saturated heterocycles. The number of amides is 9. The first-order valence-electron chi connectivity index (χ1n) is 48.5. The molecule has 0 unspecified atom stereocenters. The Morgan fingerprint density at radius 1 is 0.277 bits per heavy atom. The van der Waals surface area contributed by atoms with E-state index in [0.29, 0.717) is 16.7 Å².